The number of hydrogen-bond donors (Lipinski definition) is 2. The van der Waals surface area contributed by atoms with Crippen molar-refractivity contribution in [3.05, 3.63) is 0 Å². The van der Waals surface area contributed by atoms with Crippen LogP contribution in [0.25, 0.3) is 0 Å². The van der Waals surface area contributed by atoms with Crippen LogP contribution in [-0.2, 0) is 9.59 Å². The summed E-state index contributed by atoms with van der Waals surface area (Å²) in [5.74, 6) is 0.151. The van der Waals surface area contributed by atoms with Gasteiger partial charge in [-0.15, -0.1) is 0 Å². The molecule has 4 unspecified atom stereocenters. The summed E-state index contributed by atoms with van der Waals surface area (Å²) < 4.78 is 0. The molecule has 8 atom stereocenters. The molecular formula is C11H10O4. The number of carbonyl (C=O) groups is 2. The quantitative estimate of drug-likeness (QED) is 0.680. The van der Waals surface area contributed by atoms with Crippen molar-refractivity contribution in [3.63, 3.8) is 0 Å². The smallest absolute Gasteiger partial charge is 0.311 e. The van der Waals surface area contributed by atoms with E-state index in [9.17, 15) is 19.8 Å². The van der Waals surface area contributed by atoms with E-state index in [4.69, 9.17) is 0 Å². The Kier molecular flexibility index (Phi) is 0.691. The normalized spacial score (nSPS) is 73.3. The predicted octanol–water partition coefficient (Wildman–Crippen LogP) is 0.284. The van der Waals surface area contributed by atoms with Crippen LogP contribution in [0.4, 0.5) is 0 Å². The highest BCUT2D eigenvalue weighted by Crippen LogP contribution is 3.04. The number of carboxylic acids is 2. The van der Waals surface area contributed by atoms with E-state index in [2.05, 4.69) is 0 Å². The molecule has 6 rings (SSSR count). The second-order valence-corrected chi connectivity index (χ2v) is 6.01. The zero-order valence-corrected chi connectivity index (χ0v) is 7.88. The fourth-order valence-electron chi connectivity index (χ4n) is 6.68. The Labute approximate surface area is 85.3 Å². The molecule has 2 bridgehead atoms. The van der Waals surface area contributed by atoms with Crippen LogP contribution in [0.1, 0.15) is 6.42 Å². The lowest BCUT2D eigenvalue weighted by Gasteiger charge is -2.16. The van der Waals surface area contributed by atoms with E-state index >= 15 is 0 Å². The van der Waals surface area contributed by atoms with Crippen molar-refractivity contribution in [1.29, 1.82) is 0 Å². The molecule has 2 N–H and O–H groups in total. The molecule has 0 aromatic heterocycles. The molecule has 0 aromatic rings. The molecule has 4 nitrogen and oxygen atoms in total. The summed E-state index contributed by atoms with van der Waals surface area (Å²) in [6.45, 7) is 0. The van der Waals surface area contributed by atoms with Crippen molar-refractivity contribution in [1.82, 2.24) is 0 Å². The summed E-state index contributed by atoms with van der Waals surface area (Å²) in [5, 5.41) is 18.8. The molecule has 4 heteroatoms. The van der Waals surface area contributed by atoms with Crippen molar-refractivity contribution >= 4 is 11.9 Å². The van der Waals surface area contributed by atoms with E-state index in [-0.39, 0.29) is 23.7 Å². The maximum Gasteiger partial charge on any atom is 0.311 e. The fraction of sp³-hybridized carbons (Fsp3) is 0.818. The molecule has 0 amide bonds. The predicted molar refractivity (Wildman–Crippen MR) is 45.7 cm³/mol. The highest BCUT2D eigenvalue weighted by atomic mass is 16.4. The van der Waals surface area contributed by atoms with Gasteiger partial charge in [0, 0.05) is 0 Å². The summed E-state index contributed by atoms with van der Waals surface area (Å²) in [6.07, 6.45) is 1.12. The van der Waals surface area contributed by atoms with Crippen molar-refractivity contribution in [2.45, 2.75) is 6.42 Å². The van der Waals surface area contributed by atoms with E-state index in [0.717, 1.165) is 6.42 Å². The molecule has 0 aliphatic heterocycles. The topological polar surface area (TPSA) is 74.6 Å². The van der Waals surface area contributed by atoms with Crippen LogP contribution in [0.3, 0.4) is 0 Å². The zero-order valence-electron chi connectivity index (χ0n) is 7.88. The Hall–Kier alpha value is -1.06. The lowest BCUT2D eigenvalue weighted by atomic mass is 9.86. The minimum Gasteiger partial charge on any atom is -0.481 e. The van der Waals surface area contributed by atoms with Crippen LogP contribution < -0.4 is 0 Å². The van der Waals surface area contributed by atoms with Gasteiger partial charge in [0.15, 0.2) is 0 Å². The summed E-state index contributed by atoms with van der Waals surface area (Å²) >= 11 is 0. The molecule has 6 saturated carbocycles. The Bertz CT molecular complexity index is 405. The fourth-order valence-corrected chi connectivity index (χ4v) is 6.68. The van der Waals surface area contributed by atoms with Gasteiger partial charge < -0.3 is 10.2 Å². The molecule has 6 aliphatic rings. The second-order valence-electron chi connectivity index (χ2n) is 6.01. The number of aliphatic carboxylic acids is 2. The third kappa shape index (κ3) is 0.336. The van der Waals surface area contributed by atoms with Gasteiger partial charge in [0.05, 0.1) is 10.8 Å². The third-order valence-electron chi connectivity index (χ3n) is 6.44. The minimum absolute atomic E-state index is 0.228. The first kappa shape index (κ1) is 7.25. The monoisotopic (exact) mass is 206 g/mol. The van der Waals surface area contributed by atoms with Crippen LogP contribution in [0.2, 0.25) is 0 Å². The average Bonchev–Trinajstić information content (AvgIpc) is 2.90. The van der Waals surface area contributed by atoms with Crippen molar-refractivity contribution in [3.8, 4) is 0 Å². The van der Waals surface area contributed by atoms with Crippen LogP contribution >= 0.6 is 0 Å². The Morgan fingerprint density at radius 1 is 0.867 bits per heavy atom. The third-order valence-corrected chi connectivity index (χ3v) is 6.44. The SMILES string of the molecule is O=C(O)C12[C@@H]3C4CC([C@H]31)[C@H]1[C@@H]4C12C(=O)O. The first-order chi connectivity index (χ1) is 7.11. The van der Waals surface area contributed by atoms with Gasteiger partial charge in [-0.2, -0.15) is 0 Å². The van der Waals surface area contributed by atoms with Crippen LogP contribution in [-0.4, -0.2) is 22.2 Å². The van der Waals surface area contributed by atoms with Gasteiger partial charge in [-0.05, 0) is 41.9 Å². The highest BCUT2D eigenvalue weighted by Gasteiger charge is 3.08. The molecule has 0 radical (unpaired) electrons. The average molecular weight is 206 g/mol. The molecule has 78 valence electrons. The molecule has 0 saturated heterocycles. The van der Waals surface area contributed by atoms with E-state index < -0.39 is 22.8 Å². The summed E-state index contributed by atoms with van der Waals surface area (Å²) in [7, 11) is 0. The van der Waals surface area contributed by atoms with E-state index in [0.29, 0.717) is 11.8 Å². The van der Waals surface area contributed by atoms with Gasteiger partial charge in [0.2, 0.25) is 0 Å². The Morgan fingerprint density at radius 3 is 1.47 bits per heavy atom. The molecule has 0 spiro atoms. The molecule has 15 heavy (non-hydrogen) atoms. The number of rotatable bonds is 2. The van der Waals surface area contributed by atoms with Gasteiger partial charge in [-0.1, -0.05) is 0 Å². The number of carboxylic acid groups (broad SMARTS) is 2. The standard InChI is InChI=1S/C11H10O4/c12-8(13)10-4-2-1-3(6(4)10)7-5(2)11(7,10)9(14)15/h2-7H,1H2,(H,12,13)(H,14,15)/t2?,3?,4-,5-,6-,7+,10?,11?/m1/s1. The van der Waals surface area contributed by atoms with E-state index in [1.165, 1.54) is 0 Å². The van der Waals surface area contributed by atoms with Crippen LogP contribution in [0, 0.1) is 46.3 Å². The summed E-state index contributed by atoms with van der Waals surface area (Å²) in [5.41, 5.74) is -1.64. The lowest BCUT2D eigenvalue weighted by molar-refractivity contribution is -0.158. The van der Waals surface area contributed by atoms with Gasteiger partial charge in [-0.25, -0.2) is 0 Å². The summed E-state index contributed by atoms with van der Waals surface area (Å²) in [6, 6.07) is 0. The van der Waals surface area contributed by atoms with Crippen molar-refractivity contribution in [2.24, 2.45) is 46.3 Å². The molecule has 6 aliphatic carbocycles. The van der Waals surface area contributed by atoms with Gasteiger partial charge in [-0.3, -0.25) is 9.59 Å². The molecule has 0 aromatic carbocycles. The van der Waals surface area contributed by atoms with E-state index in [1.54, 1.807) is 0 Å². The minimum atomic E-state index is -0.822. The molecule has 0 heterocycles. The molecular weight excluding hydrogens is 196 g/mol. The maximum atomic E-state index is 11.5. The van der Waals surface area contributed by atoms with Crippen molar-refractivity contribution < 1.29 is 19.8 Å². The highest BCUT2D eigenvalue weighted by molar-refractivity contribution is 5.98. The Balaban J connectivity index is 1.84. The lowest BCUT2D eigenvalue weighted by Crippen LogP contribution is -2.34. The van der Waals surface area contributed by atoms with Gasteiger partial charge in [0.1, 0.15) is 0 Å². The van der Waals surface area contributed by atoms with E-state index in [1.807, 2.05) is 0 Å². The largest absolute Gasteiger partial charge is 0.481 e. The van der Waals surface area contributed by atoms with Gasteiger partial charge in [0.25, 0.3) is 0 Å². The maximum absolute atomic E-state index is 11.5. The summed E-state index contributed by atoms with van der Waals surface area (Å²) in [4.78, 5) is 22.9. The first-order valence-electron chi connectivity index (χ1n) is 5.58. The Morgan fingerprint density at radius 2 is 1.20 bits per heavy atom. The van der Waals surface area contributed by atoms with Gasteiger partial charge >= 0.3 is 11.9 Å². The second kappa shape index (κ2) is 1.43. The van der Waals surface area contributed by atoms with Crippen LogP contribution in [0.15, 0.2) is 0 Å². The first-order valence-corrected chi connectivity index (χ1v) is 5.58. The zero-order chi connectivity index (χ0) is 10.3. The molecule has 6 fully saturated rings. The van der Waals surface area contributed by atoms with Crippen molar-refractivity contribution in [2.75, 3.05) is 0 Å². The van der Waals surface area contributed by atoms with Crippen LogP contribution in [0.5, 0.6) is 0 Å². The number of hydrogen-bond acceptors (Lipinski definition) is 2.